The minimum Gasteiger partial charge on any atom is -0.490 e. The highest BCUT2D eigenvalue weighted by molar-refractivity contribution is 7.80. The molecule has 2 aromatic rings. The summed E-state index contributed by atoms with van der Waals surface area (Å²) in [6, 6.07) is 10.0. The molecule has 0 aliphatic rings. The smallest absolute Gasteiger partial charge is 0.311 e. The average molecular weight is 352 g/mol. The van der Waals surface area contributed by atoms with E-state index in [4.69, 9.17) is 28.6 Å². The van der Waals surface area contributed by atoms with Gasteiger partial charge in [0.2, 0.25) is 0 Å². The van der Waals surface area contributed by atoms with Crippen molar-refractivity contribution in [1.82, 2.24) is 0 Å². The molecule has 0 amide bonds. The highest BCUT2D eigenvalue weighted by Crippen LogP contribution is 2.32. The molecule has 0 aliphatic heterocycles. The number of ether oxygens (including phenoxy) is 1. The van der Waals surface area contributed by atoms with E-state index in [9.17, 15) is 10.1 Å². The van der Waals surface area contributed by atoms with Gasteiger partial charge >= 0.3 is 5.69 Å². The Labute approximate surface area is 143 Å². The molecule has 2 aromatic carbocycles. The van der Waals surface area contributed by atoms with Gasteiger partial charge < -0.3 is 15.4 Å². The van der Waals surface area contributed by atoms with Crippen molar-refractivity contribution in [3.63, 3.8) is 0 Å². The van der Waals surface area contributed by atoms with Crippen LogP contribution < -0.4 is 15.4 Å². The van der Waals surface area contributed by atoms with Crippen molar-refractivity contribution in [2.45, 2.75) is 6.92 Å². The van der Waals surface area contributed by atoms with Gasteiger partial charge in [-0.3, -0.25) is 10.1 Å². The fraction of sp³-hybridized carbons (Fsp3) is 0.133. The number of aryl methyl sites for hydroxylation is 1. The zero-order valence-electron chi connectivity index (χ0n) is 12.4. The molecular formula is C15H14ClN3O3S. The van der Waals surface area contributed by atoms with Crippen molar-refractivity contribution in [3.05, 3.63) is 57.1 Å². The minimum absolute atomic E-state index is 0.0906. The predicted molar refractivity (Wildman–Crippen MR) is 95.7 cm³/mol. The molecule has 0 saturated carbocycles. The number of nitrogens with one attached hydrogen (secondary N) is 2. The highest BCUT2D eigenvalue weighted by atomic mass is 35.5. The second-order valence-corrected chi connectivity index (χ2v) is 5.53. The Balaban J connectivity index is 2.17. The van der Waals surface area contributed by atoms with Crippen LogP contribution in [0.5, 0.6) is 5.75 Å². The van der Waals surface area contributed by atoms with Crippen LogP contribution in [0.2, 0.25) is 5.02 Å². The number of nitro benzene ring substituents is 1. The van der Waals surface area contributed by atoms with Gasteiger partial charge in [0.25, 0.3) is 0 Å². The second-order valence-electron chi connectivity index (χ2n) is 4.68. The number of hydrogen-bond donors (Lipinski definition) is 2. The van der Waals surface area contributed by atoms with Crippen LogP contribution in [0.15, 0.2) is 36.4 Å². The molecule has 0 spiro atoms. The van der Waals surface area contributed by atoms with Gasteiger partial charge in [-0.15, -0.1) is 0 Å². The summed E-state index contributed by atoms with van der Waals surface area (Å²) in [6.07, 6.45) is 0. The summed E-state index contributed by atoms with van der Waals surface area (Å²) in [7, 11) is 1.38. The summed E-state index contributed by atoms with van der Waals surface area (Å²) in [5, 5.41) is 18.0. The Kier molecular flexibility index (Phi) is 5.36. The zero-order valence-corrected chi connectivity index (χ0v) is 14.0. The van der Waals surface area contributed by atoms with Gasteiger partial charge in [-0.25, -0.2) is 0 Å². The van der Waals surface area contributed by atoms with Crippen LogP contribution in [-0.4, -0.2) is 17.1 Å². The molecule has 0 aromatic heterocycles. The number of halogens is 1. The molecule has 23 heavy (non-hydrogen) atoms. The van der Waals surface area contributed by atoms with Gasteiger partial charge in [-0.2, -0.15) is 0 Å². The lowest BCUT2D eigenvalue weighted by Crippen LogP contribution is -2.19. The first-order valence-corrected chi connectivity index (χ1v) is 7.36. The molecule has 120 valence electrons. The minimum atomic E-state index is -0.486. The molecule has 0 saturated heterocycles. The van der Waals surface area contributed by atoms with Crippen molar-refractivity contribution < 1.29 is 9.66 Å². The number of nitro groups is 1. The maximum atomic E-state index is 11.0. The third kappa shape index (κ3) is 4.30. The number of rotatable bonds is 4. The van der Waals surface area contributed by atoms with Crippen LogP contribution in [0, 0.1) is 17.0 Å². The van der Waals surface area contributed by atoms with Crippen LogP contribution >= 0.6 is 23.8 Å². The van der Waals surface area contributed by atoms with E-state index in [0.717, 1.165) is 5.69 Å². The van der Waals surface area contributed by atoms with Crippen LogP contribution in [-0.2, 0) is 0 Å². The predicted octanol–water partition coefficient (Wildman–Crippen LogP) is 4.37. The van der Waals surface area contributed by atoms with E-state index in [2.05, 4.69) is 10.6 Å². The fourth-order valence-electron chi connectivity index (χ4n) is 1.93. The molecule has 6 nitrogen and oxygen atoms in total. The van der Waals surface area contributed by atoms with Crippen molar-refractivity contribution >= 4 is 46.0 Å². The van der Waals surface area contributed by atoms with E-state index in [1.165, 1.54) is 13.2 Å². The molecule has 0 aliphatic carbocycles. The Bertz CT molecular complexity index is 750. The van der Waals surface area contributed by atoms with Crippen LogP contribution in [0.3, 0.4) is 0 Å². The summed E-state index contributed by atoms with van der Waals surface area (Å²) in [4.78, 5) is 10.5. The van der Waals surface area contributed by atoms with E-state index in [-0.39, 0.29) is 11.4 Å². The monoisotopic (exact) mass is 351 g/mol. The van der Waals surface area contributed by atoms with E-state index < -0.39 is 4.92 Å². The topological polar surface area (TPSA) is 76.4 Å². The number of methoxy groups -OCH3 is 1. The molecule has 0 unspecified atom stereocenters. The van der Waals surface area contributed by atoms with E-state index in [1.54, 1.807) is 37.3 Å². The molecule has 2 N–H and O–H groups in total. The second kappa shape index (κ2) is 7.26. The lowest BCUT2D eigenvalue weighted by molar-refractivity contribution is -0.385. The summed E-state index contributed by atoms with van der Waals surface area (Å²) >= 11 is 11.1. The molecule has 0 radical (unpaired) electrons. The van der Waals surface area contributed by atoms with E-state index in [0.29, 0.717) is 21.4 Å². The maximum Gasteiger partial charge on any atom is 0.311 e. The maximum absolute atomic E-state index is 11.0. The average Bonchev–Trinajstić information content (AvgIpc) is 2.51. The summed E-state index contributed by atoms with van der Waals surface area (Å²) in [5.41, 5.74) is 1.99. The molecule has 0 fully saturated rings. The quantitative estimate of drug-likeness (QED) is 0.484. The van der Waals surface area contributed by atoms with Crippen LogP contribution in [0.1, 0.15) is 5.56 Å². The molecular weight excluding hydrogens is 338 g/mol. The molecule has 0 atom stereocenters. The van der Waals surface area contributed by atoms with E-state index >= 15 is 0 Å². The summed E-state index contributed by atoms with van der Waals surface area (Å²) in [6.45, 7) is 1.75. The van der Waals surface area contributed by atoms with Crippen molar-refractivity contribution in [1.29, 1.82) is 0 Å². The lowest BCUT2D eigenvalue weighted by Gasteiger charge is -2.14. The molecule has 8 heteroatoms. The van der Waals surface area contributed by atoms with Gasteiger partial charge in [0, 0.05) is 28.5 Å². The van der Waals surface area contributed by atoms with Gasteiger partial charge in [-0.05, 0) is 49.0 Å². The SMILES string of the molecule is COc1cc(NC(=S)Nc2ccc(Cl)cc2)c(C)cc1[N+](=O)[O-]. The van der Waals surface area contributed by atoms with Gasteiger partial charge in [-0.1, -0.05) is 11.6 Å². The normalized spacial score (nSPS) is 10.0. The van der Waals surface area contributed by atoms with Gasteiger partial charge in [0.05, 0.1) is 12.0 Å². The van der Waals surface area contributed by atoms with Crippen molar-refractivity contribution in [3.8, 4) is 5.75 Å². The third-order valence-electron chi connectivity index (χ3n) is 3.07. The van der Waals surface area contributed by atoms with Gasteiger partial charge in [0.1, 0.15) is 0 Å². The Morgan fingerprint density at radius 2 is 1.91 bits per heavy atom. The first-order valence-electron chi connectivity index (χ1n) is 6.57. The summed E-state index contributed by atoms with van der Waals surface area (Å²) < 4.78 is 5.06. The first-order chi connectivity index (χ1) is 10.9. The number of hydrogen-bond acceptors (Lipinski definition) is 4. The Hall–Kier alpha value is -2.38. The fourth-order valence-corrected chi connectivity index (χ4v) is 2.29. The van der Waals surface area contributed by atoms with Crippen LogP contribution in [0.4, 0.5) is 17.1 Å². The molecule has 2 rings (SSSR count). The van der Waals surface area contributed by atoms with Crippen molar-refractivity contribution in [2.24, 2.45) is 0 Å². The van der Waals surface area contributed by atoms with E-state index in [1.807, 2.05) is 0 Å². The standard InChI is InChI=1S/C15H14ClN3O3S/c1-9-7-13(19(20)21)14(22-2)8-12(9)18-15(23)17-11-5-3-10(16)4-6-11/h3-8H,1-2H3,(H2,17,18,23). The molecule has 0 heterocycles. The van der Waals surface area contributed by atoms with Gasteiger partial charge in [0.15, 0.2) is 10.9 Å². The Morgan fingerprint density at radius 3 is 2.48 bits per heavy atom. The zero-order chi connectivity index (χ0) is 17.0. The largest absolute Gasteiger partial charge is 0.490 e. The number of nitrogens with zero attached hydrogens (tertiary/aromatic N) is 1. The number of anilines is 2. The van der Waals surface area contributed by atoms with Crippen LogP contribution in [0.25, 0.3) is 0 Å². The lowest BCUT2D eigenvalue weighted by atomic mass is 10.1. The number of thiocarbonyl (C=S) groups is 1. The molecule has 0 bridgehead atoms. The summed E-state index contributed by atoms with van der Waals surface area (Å²) in [5.74, 6) is 0.164. The number of benzene rings is 2. The third-order valence-corrected chi connectivity index (χ3v) is 3.53. The van der Waals surface area contributed by atoms with Crippen molar-refractivity contribution in [2.75, 3.05) is 17.7 Å². The Morgan fingerprint density at radius 1 is 1.26 bits per heavy atom. The first kappa shape index (κ1) is 17.0. The highest BCUT2D eigenvalue weighted by Gasteiger charge is 2.17.